The third-order valence-electron chi connectivity index (χ3n) is 4.06. The maximum atomic E-state index is 12.0. The number of anilines is 4. The third-order valence-corrected chi connectivity index (χ3v) is 4.06. The van der Waals surface area contributed by atoms with E-state index in [1.54, 1.807) is 33.9 Å². The maximum absolute atomic E-state index is 12.0. The van der Waals surface area contributed by atoms with Gasteiger partial charge < -0.3 is 9.80 Å². The van der Waals surface area contributed by atoms with Crippen molar-refractivity contribution >= 4 is 23.0 Å². The first-order valence-electron chi connectivity index (χ1n) is 7.07. The first-order chi connectivity index (χ1) is 11.4. The minimum atomic E-state index is -0.633. The van der Waals surface area contributed by atoms with E-state index >= 15 is 0 Å². The van der Waals surface area contributed by atoms with Crippen molar-refractivity contribution in [3.05, 3.63) is 41.7 Å². The largest absolute Gasteiger partial charge is 0.348 e. The lowest BCUT2D eigenvalue weighted by Gasteiger charge is -2.30. The third kappa shape index (κ3) is 1.79. The molecule has 0 aromatic carbocycles. The van der Waals surface area contributed by atoms with Crippen molar-refractivity contribution in [1.29, 1.82) is 0 Å². The van der Waals surface area contributed by atoms with E-state index in [2.05, 4.69) is 19.9 Å². The highest BCUT2D eigenvalue weighted by atomic mass is 16.2. The van der Waals surface area contributed by atoms with E-state index in [-0.39, 0.29) is 13.3 Å². The molecule has 4 rings (SSSR count). The Morgan fingerprint density at radius 3 is 1.42 bits per heavy atom. The number of rotatable bonds is 1. The number of nitrogens with one attached hydrogen (secondary N) is 4. The van der Waals surface area contributed by atoms with Crippen LogP contribution in [0.2, 0.25) is 0 Å². The Morgan fingerprint density at radius 1 is 0.667 bits per heavy atom. The van der Waals surface area contributed by atoms with Gasteiger partial charge >= 0.3 is 11.4 Å². The van der Waals surface area contributed by atoms with E-state index in [0.29, 0.717) is 23.0 Å². The molecule has 0 bridgehead atoms. The van der Waals surface area contributed by atoms with Crippen LogP contribution in [0.3, 0.4) is 0 Å². The van der Waals surface area contributed by atoms with Crippen LogP contribution < -0.4 is 42.3 Å². The normalized spacial score (nSPS) is 15.9. The molecular formula is C12H14N8O4. The average molecular weight is 334 g/mol. The SMILES string of the molecule is CN1CN(N2CN(C)c3c2[nH]c(=O)[nH]c3=O)c2[nH]c(=O)[nH]c(=O)c21. The molecule has 4 N–H and O–H groups in total. The van der Waals surface area contributed by atoms with E-state index in [4.69, 9.17) is 0 Å². The van der Waals surface area contributed by atoms with Crippen LogP contribution in [0.4, 0.5) is 23.0 Å². The number of H-pyrrole nitrogens is 4. The molecule has 12 heteroatoms. The molecular weight excluding hydrogens is 320 g/mol. The lowest BCUT2D eigenvalue weighted by atomic mass is 10.4. The summed E-state index contributed by atoms with van der Waals surface area (Å²) in [6, 6.07) is 0. The Morgan fingerprint density at radius 2 is 1.04 bits per heavy atom. The van der Waals surface area contributed by atoms with Crippen molar-refractivity contribution in [2.75, 3.05) is 47.3 Å². The van der Waals surface area contributed by atoms with Gasteiger partial charge in [0.05, 0.1) is 0 Å². The molecule has 0 amide bonds. The minimum absolute atomic E-state index is 0.264. The quantitative estimate of drug-likeness (QED) is 0.447. The molecule has 0 spiro atoms. The summed E-state index contributed by atoms with van der Waals surface area (Å²) < 4.78 is 0. The topological polar surface area (TPSA) is 144 Å². The Bertz CT molecular complexity index is 977. The van der Waals surface area contributed by atoms with Crippen molar-refractivity contribution in [3.8, 4) is 0 Å². The molecule has 24 heavy (non-hydrogen) atoms. The summed E-state index contributed by atoms with van der Waals surface area (Å²) in [5.41, 5.74) is -1.68. The van der Waals surface area contributed by atoms with Gasteiger partial charge in [0.2, 0.25) is 0 Å². The average Bonchev–Trinajstić information content (AvgIpc) is 2.96. The van der Waals surface area contributed by atoms with Crippen LogP contribution in [0.1, 0.15) is 0 Å². The maximum Gasteiger partial charge on any atom is 0.327 e. The second kappa shape index (κ2) is 4.53. The van der Waals surface area contributed by atoms with Crippen molar-refractivity contribution in [3.63, 3.8) is 0 Å². The molecule has 0 aliphatic carbocycles. The molecule has 0 fully saturated rings. The summed E-state index contributed by atoms with van der Waals surface area (Å²) in [6.07, 6.45) is 0. The van der Waals surface area contributed by atoms with Gasteiger partial charge in [0, 0.05) is 14.1 Å². The number of nitrogens with zero attached hydrogens (tertiary/aromatic N) is 4. The number of hydrogen-bond acceptors (Lipinski definition) is 8. The minimum Gasteiger partial charge on any atom is -0.348 e. The lowest BCUT2D eigenvalue weighted by molar-refractivity contribution is 0.729. The van der Waals surface area contributed by atoms with Gasteiger partial charge in [-0.2, -0.15) is 0 Å². The summed E-state index contributed by atoms with van der Waals surface area (Å²) >= 11 is 0. The van der Waals surface area contributed by atoms with E-state index in [1.165, 1.54) is 0 Å². The molecule has 2 aliphatic heterocycles. The fourth-order valence-corrected chi connectivity index (χ4v) is 3.10. The highest BCUT2D eigenvalue weighted by Gasteiger charge is 2.38. The van der Waals surface area contributed by atoms with Gasteiger partial charge in [-0.05, 0) is 0 Å². The predicted molar refractivity (Wildman–Crippen MR) is 86.9 cm³/mol. The first kappa shape index (κ1) is 14.2. The molecule has 4 heterocycles. The molecule has 126 valence electrons. The first-order valence-corrected chi connectivity index (χ1v) is 7.07. The lowest BCUT2D eigenvalue weighted by Crippen LogP contribution is -2.46. The highest BCUT2D eigenvalue weighted by Crippen LogP contribution is 2.36. The van der Waals surface area contributed by atoms with Gasteiger partial charge in [0.1, 0.15) is 24.7 Å². The van der Waals surface area contributed by atoms with Gasteiger partial charge in [-0.25, -0.2) is 19.6 Å². The molecule has 0 radical (unpaired) electrons. The number of hydrazine groups is 1. The van der Waals surface area contributed by atoms with Gasteiger partial charge in [-0.3, -0.25) is 29.5 Å². The molecule has 0 atom stereocenters. The number of hydrogen-bond donors (Lipinski definition) is 4. The molecule has 0 unspecified atom stereocenters. The molecule has 12 nitrogen and oxygen atoms in total. The molecule has 0 saturated carbocycles. The standard InChI is InChI=1S/C12H14N8O4/c1-17-3-19(7-5(17)9(21)15-11(23)13-7)20-4-18(2)6-8(20)14-12(24)16-10(6)22/h3-4H2,1-2H3,(H2,13,15,21,23)(H2,14,16,22,24). The molecule has 2 aliphatic rings. The van der Waals surface area contributed by atoms with Crippen molar-refractivity contribution in [2.24, 2.45) is 0 Å². The van der Waals surface area contributed by atoms with E-state index in [9.17, 15) is 19.2 Å². The van der Waals surface area contributed by atoms with Crippen molar-refractivity contribution in [2.45, 2.75) is 0 Å². The number of aromatic amines is 4. The van der Waals surface area contributed by atoms with Crippen LogP contribution in [0.5, 0.6) is 0 Å². The Hall–Kier alpha value is -3.44. The van der Waals surface area contributed by atoms with Crippen molar-refractivity contribution < 1.29 is 0 Å². The van der Waals surface area contributed by atoms with Gasteiger partial charge in [0.15, 0.2) is 11.6 Å². The van der Waals surface area contributed by atoms with Crippen LogP contribution in [0, 0.1) is 0 Å². The van der Waals surface area contributed by atoms with Gasteiger partial charge in [-0.15, -0.1) is 0 Å². The zero-order chi connectivity index (χ0) is 17.2. The second-order valence-corrected chi connectivity index (χ2v) is 5.69. The summed E-state index contributed by atoms with van der Waals surface area (Å²) in [5.74, 6) is 0.599. The van der Waals surface area contributed by atoms with Crippen LogP contribution in [-0.2, 0) is 0 Å². The molecule has 0 saturated heterocycles. The Balaban J connectivity index is 1.91. The monoisotopic (exact) mass is 334 g/mol. The smallest absolute Gasteiger partial charge is 0.327 e. The summed E-state index contributed by atoms with van der Waals surface area (Å²) in [7, 11) is 3.40. The van der Waals surface area contributed by atoms with Gasteiger partial charge in [0.25, 0.3) is 11.1 Å². The van der Waals surface area contributed by atoms with E-state index in [0.717, 1.165) is 0 Å². The predicted octanol–water partition coefficient (Wildman–Crippen LogP) is -2.52. The van der Waals surface area contributed by atoms with Crippen LogP contribution in [-0.4, -0.2) is 47.4 Å². The van der Waals surface area contributed by atoms with Crippen LogP contribution >= 0.6 is 0 Å². The fraction of sp³-hybridized carbons (Fsp3) is 0.333. The van der Waals surface area contributed by atoms with Crippen LogP contribution in [0.25, 0.3) is 0 Å². The van der Waals surface area contributed by atoms with E-state index < -0.39 is 22.5 Å². The van der Waals surface area contributed by atoms with Crippen molar-refractivity contribution in [1.82, 2.24) is 19.9 Å². The Labute approximate surface area is 132 Å². The summed E-state index contributed by atoms with van der Waals surface area (Å²) in [5, 5.41) is 3.26. The summed E-state index contributed by atoms with van der Waals surface area (Å²) in [4.78, 5) is 60.2. The number of aromatic nitrogens is 4. The zero-order valence-corrected chi connectivity index (χ0v) is 12.8. The summed E-state index contributed by atoms with van der Waals surface area (Å²) in [6.45, 7) is 0.529. The van der Waals surface area contributed by atoms with E-state index in [1.807, 2.05) is 0 Å². The molecule has 2 aromatic heterocycles. The fourth-order valence-electron chi connectivity index (χ4n) is 3.10. The zero-order valence-electron chi connectivity index (χ0n) is 12.8. The van der Waals surface area contributed by atoms with Gasteiger partial charge in [-0.1, -0.05) is 0 Å². The van der Waals surface area contributed by atoms with Crippen LogP contribution in [0.15, 0.2) is 19.2 Å². The highest BCUT2D eigenvalue weighted by molar-refractivity contribution is 5.79. The Kier molecular flexibility index (Phi) is 2.68. The second-order valence-electron chi connectivity index (χ2n) is 5.69. The molecule has 2 aromatic rings. The number of fused-ring (bicyclic) bond motifs is 2.